The summed E-state index contributed by atoms with van der Waals surface area (Å²) in [6.45, 7) is 3.00. The van der Waals surface area contributed by atoms with Crippen molar-refractivity contribution >= 4 is 38.5 Å². The van der Waals surface area contributed by atoms with Crippen LogP contribution < -0.4 is 10.9 Å². The Morgan fingerprint density at radius 2 is 1.84 bits per heavy atom. The van der Waals surface area contributed by atoms with E-state index < -0.39 is 23.0 Å². The van der Waals surface area contributed by atoms with Crippen LogP contribution in [0.3, 0.4) is 0 Å². The first kappa shape index (κ1) is 28.2. The van der Waals surface area contributed by atoms with Crippen LogP contribution in [0.4, 0.5) is 13.2 Å². The average molecular weight is 598 g/mol. The molecule has 0 aliphatic carbocycles. The van der Waals surface area contributed by atoms with Crippen LogP contribution in [0, 0.1) is 28.8 Å². The molecule has 5 aromatic rings. The molecule has 44 heavy (non-hydrogen) atoms. The number of hydrogen-bond acceptors (Lipinski definition) is 4. The highest BCUT2D eigenvalue weighted by atomic mass is 19.2. The van der Waals surface area contributed by atoms with Crippen molar-refractivity contribution in [3.8, 4) is 17.2 Å². The molecule has 2 aromatic heterocycles. The number of carbonyl (C=O) groups is 1. The Kier molecular flexibility index (Phi) is 7.13. The van der Waals surface area contributed by atoms with E-state index in [0.29, 0.717) is 57.6 Å². The highest BCUT2D eigenvalue weighted by Crippen LogP contribution is 2.40. The number of nitriles is 1. The number of nitrogens with zero attached hydrogens (tertiary/aromatic N) is 3. The Bertz CT molecular complexity index is 2070. The third-order valence-corrected chi connectivity index (χ3v) is 9.10. The number of H-pyrrole nitrogens is 1. The zero-order valence-electron chi connectivity index (χ0n) is 24.0. The first-order chi connectivity index (χ1) is 21.4. The van der Waals surface area contributed by atoms with E-state index in [1.54, 1.807) is 18.2 Å². The lowest BCUT2D eigenvalue weighted by Crippen LogP contribution is -2.42. The van der Waals surface area contributed by atoms with E-state index in [1.165, 1.54) is 0 Å². The third-order valence-electron chi connectivity index (χ3n) is 9.10. The molecule has 2 aliphatic rings. The number of aromatic nitrogens is 2. The van der Waals surface area contributed by atoms with Crippen molar-refractivity contribution in [2.24, 2.45) is 0 Å². The molecule has 224 valence electrons. The first-order valence-corrected chi connectivity index (χ1v) is 15.0. The number of pyridine rings is 1. The highest BCUT2D eigenvalue weighted by Gasteiger charge is 2.28. The molecule has 7 rings (SSSR count). The van der Waals surface area contributed by atoms with Gasteiger partial charge in [-0.05, 0) is 78.4 Å². The number of fused-ring (bicyclic) bond motifs is 4. The number of benzene rings is 3. The molecule has 4 heterocycles. The number of rotatable bonds is 7. The summed E-state index contributed by atoms with van der Waals surface area (Å²) in [4.78, 5) is 30.9. The molecule has 1 unspecified atom stereocenters. The van der Waals surface area contributed by atoms with E-state index in [1.807, 2.05) is 17.0 Å². The molecule has 3 aromatic carbocycles. The quantitative estimate of drug-likeness (QED) is 0.245. The number of halogens is 3. The van der Waals surface area contributed by atoms with Crippen molar-refractivity contribution in [2.45, 2.75) is 44.6 Å². The van der Waals surface area contributed by atoms with Crippen molar-refractivity contribution in [3.05, 3.63) is 81.5 Å². The van der Waals surface area contributed by atoms with Crippen molar-refractivity contribution < 1.29 is 18.0 Å². The SMILES string of the molecule is N#CCCc1cc2c([nH]c(=O)c3cc(CCC(=O)N4CCC4)n(C4CCNC4)c32)c(F)c1-c1cccc2cc(F)c(F)cc12. The van der Waals surface area contributed by atoms with Gasteiger partial charge in [0.15, 0.2) is 17.5 Å². The van der Waals surface area contributed by atoms with E-state index in [-0.39, 0.29) is 35.9 Å². The minimum atomic E-state index is -1.05. The van der Waals surface area contributed by atoms with Crippen LogP contribution in [0.15, 0.2) is 47.3 Å². The van der Waals surface area contributed by atoms with E-state index in [4.69, 9.17) is 0 Å². The summed E-state index contributed by atoms with van der Waals surface area (Å²) in [5.74, 6) is -2.67. The third kappa shape index (κ3) is 4.63. The molecule has 1 amide bonds. The van der Waals surface area contributed by atoms with Gasteiger partial charge in [0.1, 0.15) is 0 Å². The maximum atomic E-state index is 16.9. The molecule has 0 bridgehead atoms. The smallest absolute Gasteiger partial charge is 0.257 e. The summed E-state index contributed by atoms with van der Waals surface area (Å²) in [7, 11) is 0. The molecular formula is C34H30F3N5O2. The van der Waals surface area contributed by atoms with Crippen LogP contribution in [0.2, 0.25) is 0 Å². The number of likely N-dealkylation sites (tertiary alicyclic amines) is 1. The van der Waals surface area contributed by atoms with Gasteiger partial charge in [-0.25, -0.2) is 13.2 Å². The predicted molar refractivity (Wildman–Crippen MR) is 163 cm³/mol. The van der Waals surface area contributed by atoms with Crippen LogP contribution in [0.5, 0.6) is 0 Å². The fourth-order valence-electron chi connectivity index (χ4n) is 6.81. The number of amides is 1. The second kappa shape index (κ2) is 11.1. The van der Waals surface area contributed by atoms with Gasteiger partial charge in [0.25, 0.3) is 5.56 Å². The topological polar surface area (TPSA) is 93.9 Å². The van der Waals surface area contributed by atoms with Gasteiger partial charge in [0, 0.05) is 55.2 Å². The van der Waals surface area contributed by atoms with Crippen molar-refractivity contribution in [1.82, 2.24) is 19.8 Å². The van der Waals surface area contributed by atoms with Crippen molar-refractivity contribution in [1.29, 1.82) is 5.26 Å². The van der Waals surface area contributed by atoms with Crippen LogP contribution in [0.25, 0.3) is 43.7 Å². The van der Waals surface area contributed by atoms with Gasteiger partial charge in [-0.3, -0.25) is 9.59 Å². The van der Waals surface area contributed by atoms with E-state index >= 15 is 4.39 Å². The molecular weight excluding hydrogens is 567 g/mol. The standard InChI is InChI=1S/C34H30F3N5O2/c35-27-15-19-4-1-6-23(24(19)17-28(27)36)30-20(5-2-10-38)14-25-32(31(30)37)40-34(44)26-16-21(7-8-29(43)41-12-3-13-41)42(33(25)26)22-9-11-39-18-22/h1,4,6,14-17,22,39H,2-3,5,7-9,11-13,18H2,(H,40,44). The fourth-order valence-corrected chi connectivity index (χ4v) is 6.81. The van der Waals surface area contributed by atoms with Gasteiger partial charge in [0.05, 0.1) is 22.5 Å². The summed E-state index contributed by atoms with van der Waals surface area (Å²) in [5, 5.41) is 14.5. The molecule has 1 atom stereocenters. The summed E-state index contributed by atoms with van der Waals surface area (Å²) < 4.78 is 47.5. The lowest BCUT2D eigenvalue weighted by Gasteiger charge is -2.31. The number of nitrogens with one attached hydrogen (secondary N) is 2. The zero-order chi connectivity index (χ0) is 30.5. The van der Waals surface area contributed by atoms with E-state index in [0.717, 1.165) is 50.3 Å². The summed E-state index contributed by atoms with van der Waals surface area (Å²) in [5.41, 5.74) is 2.00. The Morgan fingerprint density at radius 3 is 2.57 bits per heavy atom. The highest BCUT2D eigenvalue weighted by molar-refractivity contribution is 6.08. The lowest BCUT2D eigenvalue weighted by atomic mass is 9.90. The van der Waals surface area contributed by atoms with Crippen molar-refractivity contribution in [3.63, 3.8) is 0 Å². The van der Waals surface area contributed by atoms with Gasteiger partial charge >= 0.3 is 0 Å². The van der Waals surface area contributed by atoms with Gasteiger partial charge in [0.2, 0.25) is 5.91 Å². The molecule has 2 saturated heterocycles. The summed E-state index contributed by atoms with van der Waals surface area (Å²) in [6.07, 6.45) is 2.90. The van der Waals surface area contributed by atoms with Gasteiger partial charge in [-0.2, -0.15) is 5.26 Å². The maximum Gasteiger partial charge on any atom is 0.257 e. The fraction of sp³-hybridized carbons (Fsp3) is 0.324. The lowest BCUT2D eigenvalue weighted by molar-refractivity contribution is -0.134. The average Bonchev–Trinajstić information content (AvgIpc) is 3.64. The maximum absolute atomic E-state index is 16.9. The second-order valence-electron chi connectivity index (χ2n) is 11.7. The molecule has 2 N–H and O–H groups in total. The normalized spacial score (nSPS) is 16.6. The largest absolute Gasteiger partial charge is 0.343 e. The van der Waals surface area contributed by atoms with Crippen molar-refractivity contribution in [2.75, 3.05) is 26.2 Å². The van der Waals surface area contributed by atoms with Crippen LogP contribution in [-0.2, 0) is 17.6 Å². The summed E-state index contributed by atoms with van der Waals surface area (Å²) >= 11 is 0. The predicted octanol–water partition coefficient (Wildman–Crippen LogP) is 5.88. The van der Waals surface area contributed by atoms with Crippen LogP contribution >= 0.6 is 0 Å². The number of carbonyl (C=O) groups excluding carboxylic acids is 1. The van der Waals surface area contributed by atoms with E-state index in [2.05, 4.69) is 20.9 Å². The molecule has 2 aliphatic heterocycles. The monoisotopic (exact) mass is 597 g/mol. The first-order valence-electron chi connectivity index (χ1n) is 15.0. The number of aromatic amines is 1. The minimum Gasteiger partial charge on any atom is -0.343 e. The Morgan fingerprint density at radius 1 is 1.02 bits per heavy atom. The molecule has 10 heteroatoms. The molecule has 0 spiro atoms. The van der Waals surface area contributed by atoms with Crippen LogP contribution in [-0.4, -0.2) is 46.5 Å². The number of aryl methyl sites for hydroxylation is 2. The van der Waals surface area contributed by atoms with Gasteiger partial charge in [-0.1, -0.05) is 18.2 Å². The summed E-state index contributed by atoms with van der Waals surface area (Å²) in [6, 6.07) is 12.8. The minimum absolute atomic E-state index is 0.00584. The molecule has 0 saturated carbocycles. The second-order valence-corrected chi connectivity index (χ2v) is 11.7. The Hall–Kier alpha value is -4.62. The Labute approximate surface area is 250 Å². The molecule has 0 radical (unpaired) electrons. The Balaban J connectivity index is 1.48. The van der Waals surface area contributed by atoms with Gasteiger partial charge in [-0.15, -0.1) is 0 Å². The van der Waals surface area contributed by atoms with Crippen LogP contribution in [0.1, 0.15) is 43.0 Å². The molecule has 2 fully saturated rings. The zero-order valence-corrected chi connectivity index (χ0v) is 24.0. The number of hydrogen-bond donors (Lipinski definition) is 2. The molecule has 7 nitrogen and oxygen atoms in total. The van der Waals surface area contributed by atoms with Gasteiger partial charge < -0.3 is 19.8 Å². The van der Waals surface area contributed by atoms with E-state index in [9.17, 15) is 23.6 Å².